The van der Waals surface area contributed by atoms with Crippen LogP contribution in [0, 0.1) is 0 Å². The third kappa shape index (κ3) is 2.94. The summed E-state index contributed by atoms with van der Waals surface area (Å²) in [5.41, 5.74) is 5.55. The molecule has 2 N–H and O–H groups in total. The molecule has 0 aliphatic carbocycles. The first-order valence-corrected chi connectivity index (χ1v) is 6.43. The van der Waals surface area contributed by atoms with E-state index in [4.69, 9.17) is 5.73 Å². The Labute approximate surface area is 105 Å². The lowest BCUT2D eigenvalue weighted by molar-refractivity contribution is 0.671. The van der Waals surface area contributed by atoms with Crippen molar-refractivity contribution in [3.63, 3.8) is 0 Å². The van der Waals surface area contributed by atoms with Crippen LogP contribution >= 0.6 is 11.3 Å². The van der Waals surface area contributed by atoms with E-state index >= 15 is 0 Å². The lowest BCUT2D eigenvalue weighted by atomic mass is 10.3. The Hall–Kier alpha value is -1.62. The fourth-order valence-corrected chi connectivity index (χ4v) is 2.29. The van der Waals surface area contributed by atoms with E-state index in [9.17, 15) is 0 Å². The van der Waals surface area contributed by atoms with Crippen LogP contribution in [0.3, 0.4) is 0 Å². The first kappa shape index (κ1) is 11.9. The molecule has 0 bridgehead atoms. The molecule has 0 spiro atoms. The zero-order valence-corrected chi connectivity index (χ0v) is 10.8. The van der Waals surface area contributed by atoms with Gasteiger partial charge in [0.15, 0.2) is 5.82 Å². The minimum atomic E-state index is 0.370. The summed E-state index contributed by atoms with van der Waals surface area (Å²) >= 11 is 1.75. The molecule has 2 aromatic heterocycles. The molecule has 5 heteroatoms. The second-order valence-electron chi connectivity index (χ2n) is 4.12. The van der Waals surface area contributed by atoms with E-state index in [0.29, 0.717) is 11.9 Å². The minimum absolute atomic E-state index is 0.370. The number of anilines is 2. The van der Waals surface area contributed by atoms with Gasteiger partial charge in [-0.25, -0.2) is 0 Å². The molecule has 0 aliphatic heterocycles. The maximum Gasteiger partial charge on any atom is 0.151 e. The summed E-state index contributed by atoms with van der Waals surface area (Å²) in [6.45, 7) is 5.14. The molecule has 2 rings (SSSR count). The number of rotatable bonds is 4. The van der Waals surface area contributed by atoms with Gasteiger partial charge in [0.2, 0.25) is 0 Å². The monoisotopic (exact) mass is 248 g/mol. The summed E-state index contributed by atoms with van der Waals surface area (Å²) in [6.07, 6.45) is 0. The molecule has 0 unspecified atom stereocenters. The molecule has 2 aromatic rings. The largest absolute Gasteiger partial charge is 0.382 e. The van der Waals surface area contributed by atoms with Crippen molar-refractivity contribution in [3.05, 3.63) is 34.5 Å². The molecule has 0 saturated carbocycles. The Bertz CT molecular complexity index is 450. The molecule has 17 heavy (non-hydrogen) atoms. The summed E-state index contributed by atoms with van der Waals surface area (Å²) in [6, 6.07) is 8.26. The van der Waals surface area contributed by atoms with Gasteiger partial charge in [-0.2, -0.15) is 0 Å². The van der Waals surface area contributed by atoms with Crippen molar-refractivity contribution in [2.24, 2.45) is 0 Å². The number of nitrogens with zero attached hydrogens (tertiary/aromatic N) is 3. The maximum atomic E-state index is 5.55. The van der Waals surface area contributed by atoms with E-state index in [1.165, 1.54) is 4.88 Å². The molecule has 0 radical (unpaired) electrons. The van der Waals surface area contributed by atoms with Gasteiger partial charge in [-0.1, -0.05) is 6.07 Å². The first-order valence-electron chi connectivity index (χ1n) is 5.55. The summed E-state index contributed by atoms with van der Waals surface area (Å²) in [4.78, 5) is 3.52. The topological polar surface area (TPSA) is 55.0 Å². The Morgan fingerprint density at radius 1 is 1.29 bits per heavy atom. The average Bonchev–Trinajstić information content (AvgIpc) is 2.80. The quantitative estimate of drug-likeness (QED) is 0.903. The highest BCUT2D eigenvalue weighted by molar-refractivity contribution is 7.09. The number of thiophene rings is 1. The van der Waals surface area contributed by atoms with Gasteiger partial charge < -0.3 is 10.6 Å². The Morgan fingerprint density at radius 3 is 2.65 bits per heavy atom. The minimum Gasteiger partial charge on any atom is -0.382 e. The highest BCUT2D eigenvalue weighted by atomic mass is 32.1. The lowest BCUT2D eigenvalue weighted by Gasteiger charge is -2.26. The molecule has 4 nitrogen and oxygen atoms in total. The van der Waals surface area contributed by atoms with Crippen LogP contribution < -0.4 is 10.6 Å². The van der Waals surface area contributed by atoms with E-state index < -0.39 is 0 Å². The summed E-state index contributed by atoms with van der Waals surface area (Å²) in [5, 5.41) is 10.1. The van der Waals surface area contributed by atoms with E-state index in [2.05, 4.69) is 46.5 Å². The number of hydrogen-bond acceptors (Lipinski definition) is 5. The summed E-state index contributed by atoms with van der Waals surface area (Å²) in [5.74, 6) is 1.32. The van der Waals surface area contributed by atoms with Crippen LogP contribution in [-0.4, -0.2) is 16.2 Å². The van der Waals surface area contributed by atoms with E-state index in [0.717, 1.165) is 12.4 Å². The van der Waals surface area contributed by atoms with Crippen molar-refractivity contribution >= 4 is 23.0 Å². The number of hydrogen-bond donors (Lipinski definition) is 1. The van der Waals surface area contributed by atoms with Gasteiger partial charge in [0.25, 0.3) is 0 Å². The zero-order chi connectivity index (χ0) is 12.3. The van der Waals surface area contributed by atoms with Gasteiger partial charge in [-0.05, 0) is 37.4 Å². The SMILES string of the molecule is CC(C)N(Cc1cccs1)c1ccc(N)nn1. The molecular weight excluding hydrogens is 232 g/mol. The number of nitrogen functional groups attached to an aromatic ring is 1. The van der Waals surface area contributed by atoms with Crippen LogP contribution in [0.5, 0.6) is 0 Å². The van der Waals surface area contributed by atoms with Crippen LogP contribution in [0.25, 0.3) is 0 Å². The third-order valence-corrected chi connectivity index (χ3v) is 3.36. The van der Waals surface area contributed by atoms with Crippen molar-refractivity contribution in [2.45, 2.75) is 26.4 Å². The van der Waals surface area contributed by atoms with Gasteiger partial charge in [-0.15, -0.1) is 21.5 Å². The van der Waals surface area contributed by atoms with Gasteiger partial charge in [0, 0.05) is 10.9 Å². The van der Waals surface area contributed by atoms with Crippen LogP contribution in [0.2, 0.25) is 0 Å². The number of nitrogens with two attached hydrogens (primary N) is 1. The van der Waals surface area contributed by atoms with Crippen molar-refractivity contribution in [1.82, 2.24) is 10.2 Å². The zero-order valence-electron chi connectivity index (χ0n) is 10.00. The van der Waals surface area contributed by atoms with E-state index in [-0.39, 0.29) is 0 Å². The van der Waals surface area contributed by atoms with E-state index in [1.54, 1.807) is 17.4 Å². The molecule has 0 atom stereocenters. The predicted octanol–water partition coefficient (Wildman–Crippen LogP) is 2.54. The van der Waals surface area contributed by atoms with Crippen molar-refractivity contribution in [1.29, 1.82) is 0 Å². The molecular formula is C12H16N4S. The van der Waals surface area contributed by atoms with Gasteiger partial charge >= 0.3 is 0 Å². The molecule has 90 valence electrons. The first-order chi connectivity index (χ1) is 8.16. The van der Waals surface area contributed by atoms with Crippen molar-refractivity contribution < 1.29 is 0 Å². The summed E-state index contributed by atoms with van der Waals surface area (Å²) in [7, 11) is 0. The Kier molecular flexibility index (Phi) is 3.58. The highest BCUT2D eigenvalue weighted by Crippen LogP contribution is 2.19. The Morgan fingerprint density at radius 2 is 2.12 bits per heavy atom. The van der Waals surface area contributed by atoms with E-state index in [1.807, 2.05) is 6.07 Å². The summed E-state index contributed by atoms with van der Waals surface area (Å²) < 4.78 is 0. The van der Waals surface area contributed by atoms with Crippen molar-refractivity contribution in [3.8, 4) is 0 Å². The normalized spacial score (nSPS) is 10.8. The van der Waals surface area contributed by atoms with Crippen LogP contribution in [0.4, 0.5) is 11.6 Å². The average molecular weight is 248 g/mol. The molecule has 2 heterocycles. The second kappa shape index (κ2) is 5.14. The lowest BCUT2D eigenvalue weighted by Crippen LogP contribution is -2.30. The molecule has 0 aromatic carbocycles. The second-order valence-corrected chi connectivity index (χ2v) is 5.15. The van der Waals surface area contributed by atoms with Gasteiger partial charge in [0.05, 0.1) is 6.54 Å². The van der Waals surface area contributed by atoms with Crippen LogP contribution in [0.15, 0.2) is 29.6 Å². The Balaban J connectivity index is 2.20. The highest BCUT2D eigenvalue weighted by Gasteiger charge is 2.13. The molecule has 0 saturated heterocycles. The maximum absolute atomic E-state index is 5.55. The molecule has 0 amide bonds. The predicted molar refractivity (Wildman–Crippen MR) is 72.1 cm³/mol. The van der Waals surface area contributed by atoms with Crippen LogP contribution in [0.1, 0.15) is 18.7 Å². The van der Waals surface area contributed by atoms with Crippen LogP contribution in [-0.2, 0) is 6.54 Å². The third-order valence-electron chi connectivity index (χ3n) is 2.49. The number of aromatic nitrogens is 2. The standard InChI is InChI=1S/C12H16N4S/c1-9(2)16(8-10-4-3-7-17-10)12-6-5-11(13)14-15-12/h3-7,9H,8H2,1-2H3,(H2,13,14). The molecule has 0 aliphatic rings. The van der Waals surface area contributed by atoms with Gasteiger partial charge in [0.1, 0.15) is 5.82 Å². The fraction of sp³-hybridized carbons (Fsp3) is 0.333. The molecule has 0 fully saturated rings. The smallest absolute Gasteiger partial charge is 0.151 e. The fourth-order valence-electron chi connectivity index (χ4n) is 1.59. The van der Waals surface area contributed by atoms with Crippen molar-refractivity contribution in [2.75, 3.05) is 10.6 Å². The van der Waals surface area contributed by atoms with Gasteiger partial charge in [-0.3, -0.25) is 0 Å².